The lowest BCUT2D eigenvalue weighted by Crippen LogP contribution is -2.17. The van der Waals surface area contributed by atoms with Crippen molar-refractivity contribution < 1.29 is 4.42 Å². The molecule has 1 saturated carbocycles. The van der Waals surface area contributed by atoms with Gasteiger partial charge >= 0.3 is 0 Å². The van der Waals surface area contributed by atoms with E-state index >= 15 is 0 Å². The molecule has 3 nitrogen and oxygen atoms in total. The molecule has 2 aromatic heterocycles. The molecule has 1 fully saturated rings. The fourth-order valence-corrected chi connectivity index (χ4v) is 3.66. The third kappa shape index (κ3) is 2.81. The van der Waals surface area contributed by atoms with Crippen LogP contribution >= 0.6 is 11.3 Å². The molecule has 0 spiro atoms. The lowest BCUT2D eigenvalue weighted by Gasteiger charge is -2.11. The van der Waals surface area contributed by atoms with Crippen LogP contribution in [0.2, 0.25) is 0 Å². The second kappa shape index (κ2) is 5.34. The van der Waals surface area contributed by atoms with Crippen molar-refractivity contribution in [2.75, 3.05) is 0 Å². The Morgan fingerprint density at radius 1 is 1.45 bits per heavy atom. The van der Waals surface area contributed by atoms with Crippen LogP contribution in [-0.4, -0.2) is 4.98 Å². The van der Waals surface area contributed by atoms with E-state index in [1.54, 1.807) is 11.3 Å². The van der Waals surface area contributed by atoms with Gasteiger partial charge in [0, 0.05) is 16.8 Å². The van der Waals surface area contributed by atoms with Gasteiger partial charge < -0.3 is 9.73 Å². The van der Waals surface area contributed by atoms with Gasteiger partial charge in [-0.15, -0.1) is 11.3 Å². The molecule has 3 atom stereocenters. The van der Waals surface area contributed by atoms with Crippen molar-refractivity contribution in [3.8, 4) is 0 Å². The van der Waals surface area contributed by atoms with Gasteiger partial charge in [-0.05, 0) is 45.2 Å². The van der Waals surface area contributed by atoms with Gasteiger partial charge in [0.05, 0.1) is 17.2 Å². The summed E-state index contributed by atoms with van der Waals surface area (Å²) >= 11 is 1.77. The van der Waals surface area contributed by atoms with E-state index in [0.717, 1.165) is 34.7 Å². The maximum absolute atomic E-state index is 5.92. The van der Waals surface area contributed by atoms with Crippen LogP contribution in [0.1, 0.15) is 59.3 Å². The van der Waals surface area contributed by atoms with Gasteiger partial charge in [-0.25, -0.2) is 4.98 Å². The van der Waals surface area contributed by atoms with Crippen LogP contribution in [0.3, 0.4) is 0 Å². The van der Waals surface area contributed by atoms with Crippen LogP contribution in [-0.2, 0) is 6.54 Å². The van der Waals surface area contributed by atoms with E-state index in [2.05, 4.69) is 50.1 Å². The largest absolute Gasteiger partial charge is 0.464 e. The zero-order valence-corrected chi connectivity index (χ0v) is 13.4. The zero-order valence-electron chi connectivity index (χ0n) is 12.6. The third-order valence-corrected chi connectivity index (χ3v) is 5.33. The number of thiazole rings is 1. The van der Waals surface area contributed by atoms with E-state index in [1.807, 2.05) is 0 Å². The van der Waals surface area contributed by atoms with Crippen LogP contribution in [0.5, 0.6) is 0 Å². The Morgan fingerprint density at radius 3 is 2.80 bits per heavy atom. The number of hydrogen-bond donors (Lipinski definition) is 1. The molecule has 3 unspecified atom stereocenters. The maximum atomic E-state index is 5.92. The fraction of sp³-hybridized carbons (Fsp3) is 0.562. The van der Waals surface area contributed by atoms with Gasteiger partial charge in [-0.2, -0.15) is 0 Å². The first-order valence-electron chi connectivity index (χ1n) is 7.30. The molecule has 0 aromatic carbocycles. The summed E-state index contributed by atoms with van der Waals surface area (Å²) in [4.78, 5) is 5.81. The Hall–Kier alpha value is -1.13. The fourth-order valence-electron chi connectivity index (χ4n) is 2.70. The van der Waals surface area contributed by atoms with Crippen molar-refractivity contribution in [2.45, 2.75) is 52.6 Å². The van der Waals surface area contributed by atoms with E-state index < -0.39 is 0 Å². The standard InChI is InChI=1S/C16H22N2OS/c1-9-7-14(9)15-6-5-13(19-15)8-17-10(2)16-11(3)18-12(4)20-16/h5-6,9-10,14,17H,7-8H2,1-4H3. The Balaban J connectivity index is 1.59. The highest BCUT2D eigenvalue weighted by Crippen LogP contribution is 2.47. The van der Waals surface area contributed by atoms with Gasteiger partial charge in [0.25, 0.3) is 0 Å². The molecular weight excluding hydrogens is 268 g/mol. The first kappa shape index (κ1) is 13.8. The van der Waals surface area contributed by atoms with Crippen molar-refractivity contribution in [3.05, 3.63) is 39.2 Å². The molecule has 2 heterocycles. The van der Waals surface area contributed by atoms with Gasteiger partial charge in [0.2, 0.25) is 0 Å². The molecule has 0 saturated heterocycles. The lowest BCUT2D eigenvalue weighted by molar-refractivity contribution is 0.431. The number of rotatable bonds is 5. The normalized spacial score (nSPS) is 23.0. The maximum Gasteiger partial charge on any atom is 0.117 e. The van der Waals surface area contributed by atoms with Crippen LogP contribution in [0.15, 0.2) is 16.5 Å². The van der Waals surface area contributed by atoms with Gasteiger partial charge in [-0.1, -0.05) is 6.92 Å². The highest BCUT2D eigenvalue weighted by Gasteiger charge is 2.36. The summed E-state index contributed by atoms with van der Waals surface area (Å²) in [6.07, 6.45) is 1.27. The predicted molar refractivity (Wildman–Crippen MR) is 82.1 cm³/mol. The first-order valence-corrected chi connectivity index (χ1v) is 8.12. The van der Waals surface area contributed by atoms with E-state index in [9.17, 15) is 0 Å². The third-order valence-electron chi connectivity index (χ3n) is 4.07. The molecule has 20 heavy (non-hydrogen) atoms. The second-order valence-corrected chi connectivity index (χ2v) is 7.14. The Labute approximate surface area is 124 Å². The smallest absolute Gasteiger partial charge is 0.117 e. The number of nitrogens with one attached hydrogen (secondary N) is 1. The summed E-state index contributed by atoms with van der Waals surface area (Å²) in [5, 5.41) is 4.66. The van der Waals surface area contributed by atoms with E-state index in [-0.39, 0.29) is 0 Å². The number of nitrogens with zero attached hydrogens (tertiary/aromatic N) is 1. The number of aromatic nitrogens is 1. The molecule has 1 N–H and O–H groups in total. The van der Waals surface area contributed by atoms with Crippen LogP contribution in [0, 0.1) is 19.8 Å². The van der Waals surface area contributed by atoms with Crippen molar-refractivity contribution in [2.24, 2.45) is 5.92 Å². The summed E-state index contributed by atoms with van der Waals surface area (Å²) in [6.45, 7) is 9.38. The minimum absolute atomic E-state index is 0.314. The van der Waals surface area contributed by atoms with Crippen LogP contribution < -0.4 is 5.32 Å². The minimum Gasteiger partial charge on any atom is -0.464 e. The zero-order chi connectivity index (χ0) is 14.3. The van der Waals surface area contributed by atoms with Crippen LogP contribution in [0.4, 0.5) is 0 Å². The van der Waals surface area contributed by atoms with Crippen molar-refractivity contribution in [1.29, 1.82) is 0 Å². The SMILES string of the molecule is Cc1nc(C)c(C(C)NCc2ccc(C3CC3C)o2)s1. The summed E-state index contributed by atoms with van der Waals surface area (Å²) in [5.41, 5.74) is 1.14. The second-order valence-electron chi connectivity index (χ2n) is 5.91. The molecule has 108 valence electrons. The number of aryl methyl sites for hydroxylation is 2. The topological polar surface area (TPSA) is 38.1 Å². The van der Waals surface area contributed by atoms with E-state index in [0.29, 0.717) is 12.0 Å². The molecule has 1 aliphatic carbocycles. The molecule has 4 heteroatoms. The van der Waals surface area contributed by atoms with Crippen molar-refractivity contribution in [3.63, 3.8) is 0 Å². The summed E-state index contributed by atoms with van der Waals surface area (Å²) in [7, 11) is 0. The summed E-state index contributed by atoms with van der Waals surface area (Å²) in [5.74, 6) is 3.65. The average molecular weight is 290 g/mol. The molecule has 3 rings (SSSR count). The Kier molecular flexibility index (Phi) is 3.69. The first-order chi connectivity index (χ1) is 9.54. The van der Waals surface area contributed by atoms with Crippen LogP contribution in [0.25, 0.3) is 0 Å². The number of hydrogen-bond acceptors (Lipinski definition) is 4. The predicted octanol–water partition coefficient (Wildman–Crippen LogP) is 4.33. The van der Waals surface area contributed by atoms with Gasteiger partial charge in [0.1, 0.15) is 11.5 Å². The van der Waals surface area contributed by atoms with Gasteiger partial charge in [-0.3, -0.25) is 0 Å². The summed E-state index contributed by atoms with van der Waals surface area (Å²) < 4.78 is 5.92. The summed E-state index contributed by atoms with van der Waals surface area (Å²) in [6, 6.07) is 4.55. The Morgan fingerprint density at radius 2 is 2.20 bits per heavy atom. The molecule has 0 amide bonds. The minimum atomic E-state index is 0.314. The quantitative estimate of drug-likeness (QED) is 0.890. The average Bonchev–Trinajstić information content (AvgIpc) is 2.84. The highest BCUT2D eigenvalue weighted by molar-refractivity contribution is 7.11. The number of furan rings is 1. The molecule has 2 aromatic rings. The highest BCUT2D eigenvalue weighted by atomic mass is 32.1. The van der Waals surface area contributed by atoms with E-state index in [4.69, 9.17) is 4.42 Å². The Bertz CT molecular complexity index is 601. The molecular formula is C16H22N2OS. The molecule has 0 radical (unpaired) electrons. The van der Waals surface area contributed by atoms with Crippen molar-refractivity contribution in [1.82, 2.24) is 10.3 Å². The molecule has 1 aliphatic rings. The molecule has 0 bridgehead atoms. The lowest BCUT2D eigenvalue weighted by atomic mass is 10.2. The van der Waals surface area contributed by atoms with E-state index in [1.165, 1.54) is 11.3 Å². The monoisotopic (exact) mass is 290 g/mol. The molecule has 0 aliphatic heterocycles. The van der Waals surface area contributed by atoms with Gasteiger partial charge in [0.15, 0.2) is 0 Å². The van der Waals surface area contributed by atoms with Crippen molar-refractivity contribution >= 4 is 11.3 Å².